The van der Waals surface area contributed by atoms with Gasteiger partial charge >= 0.3 is 5.97 Å². The minimum absolute atomic E-state index is 0.00369. The standard InChI is InChI=1S/C16H18FNO4/c17-10-1-3-11(4-2-10)22-12-5-7-18(8-6-12)15(19)13-9-14(13)16(20)21/h1-4,12-14H,5-9H2,(H,20,21). The van der Waals surface area contributed by atoms with E-state index in [0.29, 0.717) is 38.1 Å². The predicted molar refractivity (Wildman–Crippen MR) is 75.9 cm³/mol. The second-order valence-electron chi connectivity index (χ2n) is 5.88. The number of aliphatic carboxylic acids is 1. The first-order chi connectivity index (χ1) is 10.5. The third-order valence-corrected chi connectivity index (χ3v) is 4.29. The number of carboxylic acids is 1. The van der Waals surface area contributed by atoms with E-state index in [1.165, 1.54) is 12.1 Å². The maximum Gasteiger partial charge on any atom is 0.307 e. The molecular formula is C16H18FNO4. The number of rotatable bonds is 4. The molecule has 1 amide bonds. The van der Waals surface area contributed by atoms with Gasteiger partial charge in [-0.2, -0.15) is 0 Å². The molecular weight excluding hydrogens is 289 g/mol. The first kappa shape index (κ1) is 14.8. The number of halogens is 1. The Balaban J connectivity index is 1.47. The molecule has 5 nitrogen and oxygen atoms in total. The molecule has 0 spiro atoms. The molecule has 6 heteroatoms. The summed E-state index contributed by atoms with van der Waals surface area (Å²) in [6.07, 6.45) is 1.87. The molecule has 1 aliphatic heterocycles. The lowest BCUT2D eigenvalue weighted by molar-refractivity contribution is -0.142. The zero-order valence-corrected chi connectivity index (χ0v) is 12.1. The summed E-state index contributed by atoms with van der Waals surface area (Å²) in [6.45, 7) is 1.15. The van der Waals surface area contributed by atoms with Gasteiger partial charge in [0.05, 0.1) is 11.8 Å². The van der Waals surface area contributed by atoms with Crippen molar-refractivity contribution in [2.45, 2.75) is 25.4 Å². The maximum absolute atomic E-state index is 12.8. The summed E-state index contributed by atoms with van der Waals surface area (Å²) in [5.41, 5.74) is 0. The molecule has 1 N–H and O–H groups in total. The fourth-order valence-electron chi connectivity index (χ4n) is 2.88. The molecule has 22 heavy (non-hydrogen) atoms. The fourth-order valence-corrected chi connectivity index (χ4v) is 2.88. The van der Waals surface area contributed by atoms with Gasteiger partial charge in [0, 0.05) is 25.9 Å². The molecule has 2 fully saturated rings. The third-order valence-electron chi connectivity index (χ3n) is 4.29. The first-order valence-corrected chi connectivity index (χ1v) is 7.48. The first-order valence-electron chi connectivity index (χ1n) is 7.48. The van der Waals surface area contributed by atoms with E-state index in [4.69, 9.17) is 9.84 Å². The summed E-state index contributed by atoms with van der Waals surface area (Å²) in [7, 11) is 0. The van der Waals surface area contributed by atoms with E-state index in [0.717, 1.165) is 0 Å². The number of hydrogen-bond donors (Lipinski definition) is 1. The van der Waals surface area contributed by atoms with Gasteiger partial charge in [0.25, 0.3) is 0 Å². The highest BCUT2D eigenvalue weighted by molar-refractivity contribution is 5.89. The van der Waals surface area contributed by atoms with Crippen LogP contribution in [0.3, 0.4) is 0 Å². The number of nitrogens with zero attached hydrogens (tertiary/aromatic N) is 1. The molecule has 1 aliphatic carbocycles. The van der Waals surface area contributed by atoms with Crippen LogP contribution in [0.5, 0.6) is 5.75 Å². The Morgan fingerprint density at radius 2 is 1.77 bits per heavy atom. The predicted octanol–water partition coefficient (Wildman–Crippen LogP) is 1.92. The summed E-state index contributed by atoms with van der Waals surface area (Å²) in [5, 5.41) is 8.88. The number of carboxylic acid groups (broad SMARTS) is 1. The molecule has 3 rings (SSSR count). The lowest BCUT2D eigenvalue weighted by Crippen LogP contribution is -2.42. The molecule has 1 saturated heterocycles. The Bertz CT molecular complexity index is 566. The highest BCUT2D eigenvalue weighted by Gasteiger charge is 2.50. The summed E-state index contributed by atoms with van der Waals surface area (Å²) < 4.78 is 18.6. The Morgan fingerprint density at radius 1 is 1.14 bits per heavy atom. The molecule has 2 atom stereocenters. The van der Waals surface area contributed by atoms with Crippen molar-refractivity contribution in [1.29, 1.82) is 0 Å². The van der Waals surface area contributed by atoms with Gasteiger partial charge in [0.15, 0.2) is 0 Å². The SMILES string of the molecule is O=C(O)C1CC1C(=O)N1CCC(Oc2ccc(F)cc2)CC1. The van der Waals surface area contributed by atoms with E-state index in [-0.39, 0.29) is 23.7 Å². The van der Waals surface area contributed by atoms with Crippen LogP contribution in [0.4, 0.5) is 4.39 Å². The van der Waals surface area contributed by atoms with Crippen LogP contribution in [0.1, 0.15) is 19.3 Å². The molecule has 1 aromatic carbocycles. The second kappa shape index (κ2) is 5.94. The van der Waals surface area contributed by atoms with E-state index >= 15 is 0 Å². The number of amides is 1. The van der Waals surface area contributed by atoms with Crippen molar-refractivity contribution in [3.63, 3.8) is 0 Å². The molecule has 1 saturated carbocycles. The van der Waals surface area contributed by atoms with Gasteiger partial charge in [-0.3, -0.25) is 9.59 Å². The Morgan fingerprint density at radius 3 is 2.32 bits per heavy atom. The van der Waals surface area contributed by atoms with Gasteiger partial charge in [-0.05, 0) is 30.7 Å². The number of carbonyl (C=O) groups is 2. The van der Waals surface area contributed by atoms with Crippen molar-refractivity contribution in [3.8, 4) is 5.75 Å². The molecule has 2 aliphatic rings. The van der Waals surface area contributed by atoms with Crippen molar-refractivity contribution in [1.82, 2.24) is 4.90 Å². The molecule has 118 valence electrons. The van der Waals surface area contributed by atoms with Crippen LogP contribution in [0.25, 0.3) is 0 Å². The van der Waals surface area contributed by atoms with Gasteiger partial charge in [-0.1, -0.05) is 0 Å². The van der Waals surface area contributed by atoms with E-state index in [9.17, 15) is 14.0 Å². The number of likely N-dealkylation sites (tertiary alicyclic amines) is 1. The quantitative estimate of drug-likeness (QED) is 0.923. The van der Waals surface area contributed by atoms with E-state index < -0.39 is 11.9 Å². The lowest BCUT2D eigenvalue weighted by atomic mass is 10.1. The van der Waals surface area contributed by atoms with Crippen molar-refractivity contribution in [2.24, 2.45) is 11.8 Å². The minimum Gasteiger partial charge on any atom is -0.490 e. The van der Waals surface area contributed by atoms with Crippen molar-refractivity contribution in [2.75, 3.05) is 13.1 Å². The van der Waals surface area contributed by atoms with Crippen LogP contribution < -0.4 is 4.74 Å². The molecule has 2 unspecified atom stereocenters. The highest BCUT2D eigenvalue weighted by Crippen LogP contribution is 2.40. The van der Waals surface area contributed by atoms with Crippen LogP contribution in [0, 0.1) is 17.7 Å². The van der Waals surface area contributed by atoms with E-state index in [2.05, 4.69) is 0 Å². The zero-order chi connectivity index (χ0) is 15.7. The average molecular weight is 307 g/mol. The normalized spacial score (nSPS) is 24.9. The molecule has 0 bridgehead atoms. The third kappa shape index (κ3) is 3.21. The number of carbonyl (C=O) groups excluding carboxylic acids is 1. The Kier molecular flexibility index (Phi) is 4.00. The van der Waals surface area contributed by atoms with Gasteiger partial charge in [0.1, 0.15) is 17.7 Å². The zero-order valence-electron chi connectivity index (χ0n) is 12.1. The van der Waals surface area contributed by atoms with Crippen molar-refractivity contribution >= 4 is 11.9 Å². The fraction of sp³-hybridized carbons (Fsp3) is 0.500. The number of piperidine rings is 1. The van der Waals surface area contributed by atoms with Gasteiger partial charge in [0.2, 0.25) is 5.91 Å². The Labute approximate surface area is 127 Å². The maximum atomic E-state index is 12.8. The molecule has 1 aromatic rings. The smallest absolute Gasteiger partial charge is 0.307 e. The van der Waals surface area contributed by atoms with Crippen LogP contribution >= 0.6 is 0 Å². The van der Waals surface area contributed by atoms with E-state index in [1.807, 2.05) is 0 Å². The van der Waals surface area contributed by atoms with Gasteiger partial charge in [-0.25, -0.2) is 4.39 Å². The summed E-state index contributed by atoms with van der Waals surface area (Å²) in [4.78, 5) is 24.7. The van der Waals surface area contributed by atoms with E-state index in [1.54, 1.807) is 17.0 Å². The highest BCUT2D eigenvalue weighted by atomic mass is 19.1. The van der Waals surface area contributed by atoms with Crippen LogP contribution in [0.2, 0.25) is 0 Å². The second-order valence-corrected chi connectivity index (χ2v) is 5.88. The average Bonchev–Trinajstić information content (AvgIpc) is 3.30. The van der Waals surface area contributed by atoms with Gasteiger partial charge in [-0.15, -0.1) is 0 Å². The largest absolute Gasteiger partial charge is 0.490 e. The summed E-state index contributed by atoms with van der Waals surface area (Å²) in [6, 6.07) is 5.89. The number of benzene rings is 1. The van der Waals surface area contributed by atoms with Crippen LogP contribution in [-0.2, 0) is 9.59 Å². The van der Waals surface area contributed by atoms with Crippen molar-refractivity contribution < 1.29 is 23.8 Å². The number of ether oxygens (including phenoxy) is 1. The topological polar surface area (TPSA) is 66.8 Å². The van der Waals surface area contributed by atoms with Crippen molar-refractivity contribution in [3.05, 3.63) is 30.1 Å². The number of hydrogen-bond acceptors (Lipinski definition) is 3. The minimum atomic E-state index is -0.882. The molecule has 0 radical (unpaired) electrons. The monoisotopic (exact) mass is 307 g/mol. The molecule has 0 aromatic heterocycles. The lowest BCUT2D eigenvalue weighted by Gasteiger charge is -2.32. The van der Waals surface area contributed by atoms with Gasteiger partial charge < -0.3 is 14.7 Å². The summed E-state index contributed by atoms with van der Waals surface area (Å²) >= 11 is 0. The molecule has 1 heterocycles. The Hall–Kier alpha value is -2.11. The van der Waals surface area contributed by atoms with Crippen LogP contribution in [0.15, 0.2) is 24.3 Å². The summed E-state index contributed by atoms with van der Waals surface area (Å²) in [5.74, 6) is -1.45. The van der Waals surface area contributed by atoms with Crippen LogP contribution in [-0.4, -0.2) is 41.1 Å².